The number of hydrogen-bond acceptors (Lipinski definition) is 2. The summed E-state index contributed by atoms with van der Waals surface area (Å²) in [6, 6.07) is 5.47. The maximum absolute atomic E-state index is 11.3. The average Bonchev–Trinajstić information content (AvgIpc) is 2.87. The number of carboxylic acid groups (broad SMARTS) is 1. The topological polar surface area (TPSA) is 48.9 Å². The van der Waals surface area contributed by atoms with Crippen molar-refractivity contribution in [1.29, 1.82) is 0 Å². The minimum atomic E-state index is -1.14. The first-order valence-electron chi connectivity index (χ1n) is 6.57. The molecule has 19 heavy (non-hydrogen) atoms. The van der Waals surface area contributed by atoms with Crippen molar-refractivity contribution >= 4 is 5.97 Å². The zero-order valence-electron chi connectivity index (χ0n) is 11.3. The lowest BCUT2D eigenvalue weighted by atomic mass is 10.1. The number of aromatic nitrogens is 2. The van der Waals surface area contributed by atoms with Crippen LogP contribution in [0.3, 0.4) is 0 Å². The van der Waals surface area contributed by atoms with E-state index in [1.807, 2.05) is 46.9 Å². The quantitative estimate of drug-likeness (QED) is 0.754. The van der Waals surface area contributed by atoms with E-state index >= 15 is 0 Å². The highest BCUT2D eigenvalue weighted by atomic mass is 16.4. The van der Waals surface area contributed by atoms with Gasteiger partial charge in [0.1, 0.15) is 18.1 Å². The fraction of sp³-hybridized carbons (Fsp3) is 0.333. The molecule has 1 heterocycles. The van der Waals surface area contributed by atoms with Crippen LogP contribution in [0.5, 0.6) is 0 Å². The predicted octanol–water partition coefficient (Wildman–Crippen LogP) is 1.10. The highest BCUT2D eigenvalue weighted by molar-refractivity contribution is 5.90. The van der Waals surface area contributed by atoms with Gasteiger partial charge < -0.3 is 9.90 Å². The monoisotopic (exact) mass is 258 g/mol. The Hall–Kier alpha value is -2.10. The van der Waals surface area contributed by atoms with E-state index in [1.54, 1.807) is 6.07 Å². The first-order valence-corrected chi connectivity index (χ1v) is 6.57. The molecule has 0 atom stereocenters. The number of carbonyl (C=O) groups excluding carboxylic acids is 1. The van der Waals surface area contributed by atoms with Crippen molar-refractivity contribution in [2.75, 3.05) is 0 Å². The lowest BCUT2D eigenvalue weighted by molar-refractivity contribution is -0.696. The van der Waals surface area contributed by atoms with Crippen LogP contribution in [-0.4, -0.2) is 10.5 Å². The van der Waals surface area contributed by atoms with Gasteiger partial charge >= 0.3 is 0 Å². The fourth-order valence-corrected chi connectivity index (χ4v) is 2.12. The third-order valence-electron chi connectivity index (χ3n) is 3.14. The number of rotatable bonds is 5. The Kier molecular flexibility index (Phi) is 4.00. The molecule has 0 saturated carbocycles. The van der Waals surface area contributed by atoms with Gasteiger partial charge in [-0.05, 0) is 30.5 Å². The third-order valence-corrected chi connectivity index (χ3v) is 3.14. The summed E-state index contributed by atoms with van der Waals surface area (Å²) in [4.78, 5) is 11.3. The molecule has 0 spiro atoms. The second-order valence-electron chi connectivity index (χ2n) is 4.55. The molecule has 4 nitrogen and oxygen atoms in total. The summed E-state index contributed by atoms with van der Waals surface area (Å²) >= 11 is 0. The van der Waals surface area contributed by atoms with Crippen LogP contribution in [0, 0.1) is 0 Å². The Balaban J connectivity index is 2.45. The highest BCUT2D eigenvalue weighted by Crippen LogP contribution is 2.16. The molecule has 0 unspecified atom stereocenters. The standard InChI is InChI=1S/C15H18N2O2/c1-3-7-16-8-9-17(11-16)14-6-5-12(4-2)10-13(14)15(18)19/h5-6,8-11H,3-4,7H2,1-2H3. The van der Waals surface area contributed by atoms with E-state index < -0.39 is 5.97 Å². The Labute approximate surface area is 112 Å². The van der Waals surface area contributed by atoms with Crippen LogP contribution in [0.2, 0.25) is 0 Å². The maximum Gasteiger partial charge on any atom is 0.248 e. The van der Waals surface area contributed by atoms with Crippen LogP contribution in [0.25, 0.3) is 5.69 Å². The molecule has 0 bridgehead atoms. The van der Waals surface area contributed by atoms with Gasteiger partial charge in [-0.1, -0.05) is 19.9 Å². The molecule has 0 N–H and O–H groups in total. The van der Waals surface area contributed by atoms with Crippen molar-refractivity contribution in [2.24, 2.45) is 0 Å². The van der Waals surface area contributed by atoms with E-state index in [0.29, 0.717) is 5.69 Å². The number of nitrogens with zero attached hydrogens (tertiary/aromatic N) is 2. The van der Waals surface area contributed by atoms with E-state index in [-0.39, 0.29) is 5.56 Å². The molecular weight excluding hydrogens is 240 g/mol. The van der Waals surface area contributed by atoms with Gasteiger partial charge in [-0.15, -0.1) is 0 Å². The summed E-state index contributed by atoms with van der Waals surface area (Å²) in [7, 11) is 0. The van der Waals surface area contributed by atoms with E-state index in [4.69, 9.17) is 0 Å². The molecule has 100 valence electrons. The fourth-order valence-electron chi connectivity index (χ4n) is 2.12. The number of hydrogen-bond donors (Lipinski definition) is 0. The Morgan fingerprint density at radius 3 is 2.79 bits per heavy atom. The van der Waals surface area contributed by atoms with Crippen molar-refractivity contribution in [1.82, 2.24) is 4.57 Å². The first kappa shape index (κ1) is 13.3. The molecular formula is C15H18N2O2. The van der Waals surface area contributed by atoms with Crippen LogP contribution in [0.4, 0.5) is 0 Å². The molecule has 0 aliphatic carbocycles. The van der Waals surface area contributed by atoms with Gasteiger partial charge in [0.2, 0.25) is 6.33 Å². The highest BCUT2D eigenvalue weighted by Gasteiger charge is 2.12. The Morgan fingerprint density at radius 2 is 2.16 bits per heavy atom. The van der Waals surface area contributed by atoms with Crippen LogP contribution in [0.15, 0.2) is 36.9 Å². The van der Waals surface area contributed by atoms with Crippen molar-refractivity contribution in [2.45, 2.75) is 33.2 Å². The molecule has 1 aromatic carbocycles. The van der Waals surface area contributed by atoms with Gasteiger partial charge in [0.15, 0.2) is 0 Å². The molecule has 4 heteroatoms. The van der Waals surface area contributed by atoms with E-state index in [9.17, 15) is 9.90 Å². The summed E-state index contributed by atoms with van der Waals surface area (Å²) in [5, 5.41) is 11.3. The van der Waals surface area contributed by atoms with Crippen LogP contribution in [0.1, 0.15) is 36.2 Å². The number of aromatic carboxylic acids is 1. The van der Waals surface area contributed by atoms with Gasteiger partial charge in [0.05, 0.1) is 12.5 Å². The SMILES string of the molecule is CCC[n+]1ccn(-c2ccc(CC)cc2C(=O)[O-])c1. The molecule has 0 radical (unpaired) electrons. The first-order chi connectivity index (χ1) is 9.15. The molecule has 0 aliphatic heterocycles. The number of aryl methyl sites for hydroxylation is 2. The number of carboxylic acids is 1. The Morgan fingerprint density at radius 1 is 1.37 bits per heavy atom. The van der Waals surface area contributed by atoms with Gasteiger partial charge in [-0.25, -0.2) is 9.13 Å². The van der Waals surface area contributed by atoms with Gasteiger partial charge in [-0.3, -0.25) is 0 Å². The van der Waals surface area contributed by atoms with E-state index in [2.05, 4.69) is 6.92 Å². The lowest BCUT2D eigenvalue weighted by Gasteiger charge is -2.08. The summed E-state index contributed by atoms with van der Waals surface area (Å²) in [5.41, 5.74) is 1.88. The average molecular weight is 258 g/mol. The molecule has 0 fully saturated rings. The van der Waals surface area contributed by atoms with Crippen LogP contribution >= 0.6 is 0 Å². The molecule has 0 aliphatic rings. The lowest BCUT2D eigenvalue weighted by Crippen LogP contribution is -2.30. The summed E-state index contributed by atoms with van der Waals surface area (Å²) in [5.74, 6) is -1.14. The minimum Gasteiger partial charge on any atom is -0.545 e. The van der Waals surface area contributed by atoms with Gasteiger partial charge in [-0.2, -0.15) is 0 Å². The largest absolute Gasteiger partial charge is 0.545 e. The molecule has 2 rings (SSSR count). The minimum absolute atomic E-state index is 0.235. The maximum atomic E-state index is 11.3. The molecule has 1 aromatic heterocycles. The number of imidazole rings is 1. The van der Waals surface area contributed by atoms with Crippen LogP contribution in [-0.2, 0) is 13.0 Å². The summed E-state index contributed by atoms with van der Waals surface area (Å²) < 4.78 is 3.85. The van der Waals surface area contributed by atoms with Gasteiger partial charge in [0.25, 0.3) is 0 Å². The van der Waals surface area contributed by atoms with Crippen molar-refractivity contribution in [3.05, 3.63) is 48.0 Å². The van der Waals surface area contributed by atoms with Crippen LogP contribution < -0.4 is 9.67 Å². The molecule has 0 amide bonds. The second-order valence-corrected chi connectivity index (χ2v) is 4.55. The Bertz CT molecular complexity index is 588. The van der Waals surface area contributed by atoms with Crippen molar-refractivity contribution < 1.29 is 14.5 Å². The molecule has 0 saturated heterocycles. The zero-order chi connectivity index (χ0) is 13.8. The normalized spacial score (nSPS) is 10.6. The third kappa shape index (κ3) is 2.84. The predicted molar refractivity (Wildman–Crippen MR) is 70.0 cm³/mol. The summed E-state index contributed by atoms with van der Waals surface area (Å²) in [6.45, 7) is 5.02. The van der Waals surface area contributed by atoms with Crippen molar-refractivity contribution in [3.63, 3.8) is 0 Å². The smallest absolute Gasteiger partial charge is 0.248 e. The summed E-state index contributed by atoms with van der Waals surface area (Å²) in [6.07, 6.45) is 7.55. The number of benzene rings is 1. The zero-order valence-corrected chi connectivity index (χ0v) is 11.3. The van der Waals surface area contributed by atoms with E-state index in [1.165, 1.54) is 0 Å². The molecule has 2 aromatic rings. The van der Waals surface area contributed by atoms with Gasteiger partial charge in [0, 0.05) is 5.56 Å². The second kappa shape index (κ2) is 5.69. The number of carbonyl (C=O) groups is 1. The van der Waals surface area contributed by atoms with Crippen molar-refractivity contribution in [3.8, 4) is 5.69 Å². The van der Waals surface area contributed by atoms with E-state index in [0.717, 1.165) is 24.9 Å².